The second-order valence-electron chi connectivity index (χ2n) is 5.83. The molecule has 114 valence electrons. The van der Waals surface area contributed by atoms with Gasteiger partial charge in [0.1, 0.15) is 0 Å². The average Bonchev–Trinajstić information content (AvgIpc) is 2.35. The predicted octanol–water partition coefficient (Wildman–Crippen LogP) is 2.30. The number of carboxylic acids is 1. The lowest BCUT2D eigenvalue weighted by molar-refractivity contribution is -0.384. The maximum atomic E-state index is 11.4. The zero-order chi connectivity index (χ0) is 15.8. The van der Waals surface area contributed by atoms with Gasteiger partial charge in [0.15, 0.2) is 0 Å². The number of hydrogen-bond acceptors (Lipinski definition) is 5. The fraction of sp³-hybridized carbons (Fsp3) is 0.500. The zero-order valence-corrected chi connectivity index (χ0v) is 12.2. The molecule has 1 aromatic carbocycles. The van der Waals surface area contributed by atoms with Gasteiger partial charge in [0.2, 0.25) is 0 Å². The molecule has 7 heteroatoms. The average molecular weight is 294 g/mol. The number of nitro groups is 1. The fourth-order valence-electron chi connectivity index (χ4n) is 2.72. The lowest BCUT2D eigenvalue weighted by Crippen LogP contribution is -2.52. The number of morpholine rings is 1. The van der Waals surface area contributed by atoms with Crippen LogP contribution in [-0.4, -0.2) is 40.8 Å². The minimum Gasteiger partial charge on any atom is -0.478 e. The van der Waals surface area contributed by atoms with Gasteiger partial charge >= 0.3 is 5.97 Å². The first-order valence-corrected chi connectivity index (χ1v) is 6.64. The van der Waals surface area contributed by atoms with Crippen molar-refractivity contribution in [1.82, 2.24) is 0 Å². The minimum absolute atomic E-state index is 0.0504. The van der Waals surface area contributed by atoms with Crippen LogP contribution in [0.3, 0.4) is 0 Å². The smallest absolute Gasteiger partial charge is 0.338 e. The number of aromatic carboxylic acids is 1. The van der Waals surface area contributed by atoms with Gasteiger partial charge in [-0.05, 0) is 26.8 Å². The first-order valence-electron chi connectivity index (χ1n) is 6.64. The topological polar surface area (TPSA) is 92.9 Å². The largest absolute Gasteiger partial charge is 0.478 e. The molecule has 0 aliphatic carbocycles. The molecule has 1 atom stereocenters. The highest BCUT2D eigenvalue weighted by molar-refractivity contribution is 5.95. The van der Waals surface area contributed by atoms with E-state index < -0.39 is 16.5 Å². The Balaban J connectivity index is 2.43. The highest BCUT2D eigenvalue weighted by atomic mass is 16.6. The first-order chi connectivity index (χ1) is 9.69. The van der Waals surface area contributed by atoms with Crippen LogP contribution in [0, 0.1) is 10.1 Å². The van der Waals surface area contributed by atoms with E-state index in [9.17, 15) is 20.0 Å². The van der Waals surface area contributed by atoms with Crippen LogP contribution in [0.5, 0.6) is 0 Å². The zero-order valence-electron chi connectivity index (χ0n) is 12.2. The number of non-ortho nitro benzene ring substituents is 1. The van der Waals surface area contributed by atoms with E-state index in [-0.39, 0.29) is 17.4 Å². The van der Waals surface area contributed by atoms with E-state index in [0.29, 0.717) is 18.8 Å². The van der Waals surface area contributed by atoms with E-state index in [2.05, 4.69) is 0 Å². The molecule has 1 heterocycles. The van der Waals surface area contributed by atoms with E-state index in [0.717, 1.165) is 6.07 Å². The Kier molecular flexibility index (Phi) is 3.87. The second kappa shape index (κ2) is 5.33. The third-order valence-corrected chi connectivity index (χ3v) is 3.33. The monoisotopic (exact) mass is 294 g/mol. The molecule has 0 radical (unpaired) electrons. The fourth-order valence-corrected chi connectivity index (χ4v) is 2.72. The Bertz CT molecular complexity index is 585. The van der Waals surface area contributed by atoms with Gasteiger partial charge in [-0.25, -0.2) is 4.79 Å². The van der Waals surface area contributed by atoms with Crippen molar-refractivity contribution in [3.05, 3.63) is 33.9 Å². The molecule has 0 spiro atoms. The number of rotatable bonds is 3. The number of benzene rings is 1. The highest BCUT2D eigenvalue weighted by Gasteiger charge is 2.33. The van der Waals surface area contributed by atoms with Crippen LogP contribution in [0.1, 0.15) is 31.1 Å². The summed E-state index contributed by atoms with van der Waals surface area (Å²) in [4.78, 5) is 23.5. The summed E-state index contributed by atoms with van der Waals surface area (Å²) in [6, 6.07) is 3.93. The molecular formula is C14H18N2O5. The maximum Gasteiger partial charge on any atom is 0.338 e. The lowest BCUT2D eigenvalue weighted by Gasteiger charge is -2.43. The van der Waals surface area contributed by atoms with Crippen molar-refractivity contribution in [3.63, 3.8) is 0 Å². The maximum absolute atomic E-state index is 11.4. The predicted molar refractivity (Wildman–Crippen MR) is 76.9 cm³/mol. The normalized spacial score (nSPS) is 21.1. The summed E-state index contributed by atoms with van der Waals surface area (Å²) < 4.78 is 5.79. The van der Waals surface area contributed by atoms with Gasteiger partial charge < -0.3 is 14.7 Å². The number of nitrogens with zero attached hydrogens (tertiary/aromatic N) is 2. The molecule has 0 bridgehead atoms. The molecule has 1 aliphatic rings. The van der Waals surface area contributed by atoms with Crippen molar-refractivity contribution < 1.29 is 19.6 Å². The molecule has 21 heavy (non-hydrogen) atoms. The quantitative estimate of drug-likeness (QED) is 0.679. The SMILES string of the molecule is CC1CN(c2ccc([N+](=O)[O-])cc2C(=O)O)CC(C)(C)O1. The van der Waals surface area contributed by atoms with Crippen molar-refractivity contribution in [2.24, 2.45) is 0 Å². The molecule has 1 aliphatic heterocycles. The molecule has 1 aromatic rings. The number of nitro benzene ring substituents is 1. The van der Waals surface area contributed by atoms with Gasteiger partial charge in [-0.15, -0.1) is 0 Å². The van der Waals surface area contributed by atoms with Crippen LogP contribution in [0.4, 0.5) is 11.4 Å². The number of anilines is 1. The Morgan fingerprint density at radius 1 is 1.52 bits per heavy atom. The summed E-state index contributed by atoms with van der Waals surface area (Å²) in [5, 5.41) is 20.1. The van der Waals surface area contributed by atoms with Crippen LogP contribution < -0.4 is 4.90 Å². The van der Waals surface area contributed by atoms with Gasteiger partial charge in [0, 0.05) is 25.2 Å². The van der Waals surface area contributed by atoms with Crippen molar-refractivity contribution in [2.45, 2.75) is 32.5 Å². The van der Waals surface area contributed by atoms with Crippen molar-refractivity contribution in [2.75, 3.05) is 18.0 Å². The Hall–Kier alpha value is -2.15. The number of carboxylic acid groups (broad SMARTS) is 1. The van der Waals surface area contributed by atoms with Crippen LogP contribution in [0.25, 0.3) is 0 Å². The molecule has 2 rings (SSSR count). The Morgan fingerprint density at radius 2 is 2.19 bits per heavy atom. The van der Waals surface area contributed by atoms with E-state index in [1.165, 1.54) is 12.1 Å². The second-order valence-corrected chi connectivity index (χ2v) is 5.83. The molecular weight excluding hydrogens is 276 g/mol. The van der Waals surface area contributed by atoms with Gasteiger partial charge in [0.25, 0.3) is 5.69 Å². The van der Waals surface area contributed by atoms with Crippen molar-refractivity contribution in [3.8, 4) is 0 Å². The van der Waals surface area contributed by atoms with E-state index >= 15 is 0 Å². The summed E-state index contributed by atoms with van der Waals surface area (Å²) in [5.74, 6) is -1.18. The van der Waals surface area contributed by atoms with Crippen LogP contribution in [-0.2, 0) is 4.74 Å². The summed E-state index contributed by atoms with van der Waals surface area (Å²) in [6.45, 7) is 6.85. The highest BCUT2D eigenvalue weighted by Crippen LogP contribution is 2.30. The number of carbonyl (C=O) groups is 1. The van der Waals surface area contributed by atoms with Crippen LogP contribution >= 0.6 is 0 Å². The minimum atomic E-state index is -1.18. The van der Waals surface area contributed by atoms with Gasteiger partial charge in [-0.2, -0.15) is 0 Å². The van der Waals surface area contributed by atoms with Crippen LogP contribution in [0.2, 0.25) is 0 Å². The van der Waals surface area contributed by atoms with Gasteiger partial charge in [-0.1, -0.05) is 0 Å². The third kappa shape index (κ3) is 3.30. The lowest BCUT2D eigenvalue weighted by atomic mass is 10.0. The summed E-state index contributed by atoms with van der Waals surface area (Å²) >= 11 is 0. The molecule has 1 saturated heterocycles. The number of ether oxygens (including phenoxy) is 1. The van der Waals surface area contributed by atoms with Crippen molar-refractivity contribution in [1.29, 1.82) is 0 Å². The van der Waals surface area contributed by atoms with Crippen LogP contribution in [0.15, 0.2) is 18.2 Å². The molecule has 1 unspecified atom stereocenters. The molecule has 0 amide bonds. The summed E-state index contributed by atoms with van der Waals surface area (Å²) in [6.07, 6.45) is -0.0504. The van der Waals surface area contributed by atoms with Gasteiger partial charge in [-0.3, -0.25) is 10.1 Å². The van der Waals surface area contributed by atoms with Gasteiger partial charge in [0.05, 0.1) is 27.9 Å². The summed E-state index contributed by atoms with van der Waals surface area (Å²) in [5.41, 5.74) is -0.211. The standard InChI is InChI=1S/C14H18N2O5/c1-9-7-15(8-14(2,3)21-9)12-5-4-10(16(19)20)6-11(12)13(17)18/h4-6,9H,7-8H2,1-3H3,(H,17,18). The first kappa shape index (κ1) is 15.2. The van der Waals surface area contributed by atoms with E-state index in [4.69, 9.17) is 4.74 Å². The Morgan fingerprint density at radius 3 is 2.71 bits per heavy atom. The molecule has 7 nitrogen and oxygen atoms in total. The molecule has 0 aromatic heterocycles. The third-order valence-electron chi connectivity index (χ3n) is 3.33. The molecule has 0 saturated carbocycles. The number of hydrogen-bond donors (Lipinski definition) is 1. The van der Waals surface area contributed by atoms with Crippen molar-refractivity contribution >= 4 is 17.3 Å². The van der Waals surface area contributed by atoms with E-state index in [1.807, 2.05) is 25.7 Å². The molecule has 1 fully saturated rings. The Labute approximate surface area is 122 Å². The molecule has 1 N–H and O–H groups in total. The summed E-state index contributed by atoms with van der Waals surface area (Å²) in [7, 11) is 0. The van der Waals surface area contributed by atoms with E-state index in [1.54, 1.807) is 0 Å².